The summed E-state index contributed by atoms with van der Waals surface area (Å²) >= 11 is 7.04. The van der Waals surface area contributed by atoms with Crippen molar-refractivity contribution in [3.8, 4) is 5.75 Å². The number of hydrogen-bond acceptors (Lipinski definition) is 8. The van der Waals surface area contributed by atoms with Crippen LogP contribution >= 0.6 is 22.9 Å². The molecule has 142 valence electrons. The zero-order chi connectivity index (χ0) is 19.6. The molecule has 2 heterocycles. The fraction of sp³-hybridized carbons (Fsp3) is 0.294. The minimum Gasteiger partial charge on any atom is -0.462 e. The second-order valence-electron chi connectivity index (χ2n) is 5.64. The summed E-state index contributed by atoms with van der Waals surface area (Å²) in [5.41, 5.74) is 1.03. The second kappa shape index (κ2) is 7.93. The summed E-state index contributed by atoms with van der Waals surface area (Å²) in [7, 11) is 0. The number of hydrogen-bond donors (Lipinski definition) is 1. The summed E-state index contributed by atoms with van der Waals surface area (Å²) in [5.74, 6) is -0.986. The molecule has 1 aliphatic heterocycles. The third-order valence-corrected chi connectivity index (χ3v) is 4.93. The predicted octanol–water partition coefficient (Wildman–Crippen LogP) is 2.65. The molecule has 10 heteroatoms. The fourth-order valence-electron chi connectivity index (χ4n) is 2.53. The van der Waals surface area contributed by atoms with Gasteiger partial charge in [-0.05, 0) is 32.0 Å². The lowest BCUT2D eigenvalue weighted by Crippen LogP contribution is -2.41. The van der Waals surface area contributed by atoms with E-state index in [-0.39, 0.29) is 30.7 Å². The molecular weight excluding hydrogens is 394 g/mol. The molecule has 0 saturated heterocycles. The lowest BCUT2D eigenvalue weighted by Gasteiger charge is -2.29. The van der Waals surface area contributed by atoms with Crippen molar-refractivity contribution in [3.63, 3.8) is 0 Å². The van der Waals surface area contributed by atoms with Crippen LogP contribution in [-0.2, 0) is 14.3 Å². The number of aryl methyl sites for hydroxylation is 1. The van der Waals surface area contributed by atoms with Gasteiger partial charge in [-0.1, -0.05) is 22.9 Å². The number of anilines is 2. The first-order chi connectivity index (χ1) is 12.9. The van der Waals surface area contributed by atoms with Crippen molar-refractivity contribution < 1.29 is 23.9 Å². The van der Waals surface area contributed by atoms with Crippen LogP contribution in [0.3, 0.4) is 0 Å². The lowest BCUT2D eigenvalue weighted by molar-refractivity contribution is -0.133. The standard InChI is InChI=1S/C17H16ClN3O5S/c1-3-25-16(24)15-9(2)19-17(27-15)20-13(22)7-21-8-14(23)26-12-5-4-10(18)6-11(12)21/h4-6H,3,7-8H2,1-2H3,(H,19,20,22). The predicted molar refractivity (Wildman–Crippen MR) is 101 cm³/mol. The van der Waals surface area contributed by atoms with Gasteiger partial charge in [0.25, 0.3) is 0 Å². The summed E-state index contributed by atoms with van der Waals surface area (Å²) in [6, 6.07) is 4.81. The molecule has 3 rings (SSSR count). The maximum Gasteiger partial charge on any atom is 0.350 e. The van der Waals surface area contributed by atoms with E-state index in [9.17, 15) is 14.4 Å². The molecule has 0 unspecified atom stereocenters. The number of carbonyl (C=O) groups excluding carboxylic acids is 3. The summed E-state index contributed by atoms with van der Waals surface area (Å²) in [4.78, 5) is 42.1. The van der Waals surface area contributed by atoms with Crippen molar-refractivity contribution >= 4 is 51.6 Å². The molecule has 8 nitrogen and oxygen atoms in total. The van der Waals surface area contributed by atoms with E-state index < -0.39 is 11.9 Å². The van der Waals surface area contributed by atoms with Gasteiger partial charge in [0.15, 0.2) is 10.9 Å². The Labute approximate surface area is 164 Å². The Balaban J connectivity index is 1.72. The molecule has 2 aromatic rings. The maximum absolute atomic E-state index is 12.4. The van der Waals surface area contributed by atoms with Gasteiger partial charge in [0, 0.05) is 5.02 Å². The molecule has 0 fully saturated rings. The topological polar surface area (TPSA) is 97.8 Å². The first-order valence-electron chi connectivity index (χ1n) is 8.07. The van der Waals surface area contributed by atoms with Gasteiger partial charge in [-0.25, -0.2) is 14.6 Å². The number of ether oxygens (including phenoxy) is 2. The Morgan fingerprint density at radius 1 is 1.44 bits per heavy atom. The van der Waals surface area contributed by atoms with Crippen molar-refractivity contribution in [2.24, 2.45) is 0 Å². The lowest BCUT2D eigenvalue weighted by atomic mass is 10.2. The number of esters is 2. The fourth-order valence-corrected chi connectivity index (χ4v) is 3.57. The highest BCUT2D eigenvalue weighted by Gasteiger charge is 2.26. The number of halogens is 1. The normalized spacial score (nSPS) is 13.0. The minimum absolute atomic E-state index is 0.0776. The molecule has 0 aliphatic carbocycles. The quantitative estimate of drug-likeness (QED) is 0.598. The average molecular weight is 410 g/mol. The number of carbonyl (C=O) groups is 3. The van der Waals surface area contributed by atoms with Gasteiger partial charge in [-0.2, -0.15) is 0 Å². The van der Waals surface area contributed by atoms with Crippen molar-refractivity contribution in [2.45, 2.75) is 13.8 Å². The number of benzene rings is 1. The van der Waals surface area contributed by atoms with Crippen molar-refractivity contribution in [2.75, 3.05) is 29.9 Å². The maximum atomic E-state index is 12.4. The number of aromatic nitrogens is 1. The zero-order valence-corrected chi connectivity index (χ0v) is 16.1. The average Bonchev–Trinajstić information content (AvgIpc) is 2.96. The Hall–Kier alpha value is -2.65. The van der Waals surface area contributed by atoms with Gasteiger partial charge in [0.05, 0.1) is 24.5 Å². The van der Waals surface area contributed by atoms with Gasteiger partial charge in [0.2, 0.25) is 5.91 Å². The van der Waals surface area contributed by atoms with Gasteiger partial charge in [0.1, 0.15) is 11.4 Å². The summed E-state index contributed by atoms with van der Waals surface area (Å²) < 4.78 is 10.1. The third kappa shape index (κ3) is 4.37. The molecule has 1 aromatic carbocycles. The molecule has 27 heavy (non-hydrogen) atoms. The van der Waals surface area contributed by atoms with Crippen LogP contribution in [0.25, 0.3) is 0 Å². The number of nitrogens with zero attached hydrogens (tertiary/aromatic N) is 2. The number of fused-ring (bicyclic) bond motifs is 1. The minimum atomic E-state index is -0.477. The molecule has 0 atom stereocenters. The molecular formula is C17H16ClN3O5S. The summed E-state index contributed by atoms with van der Waals surface area (Å²) in [5, 5.41) is 3.39. The SMILES string of the molecule is CCOC(=O)c1sc(NC(=O)CN2CC(=O)Oc3ccc(Cl)cc32)nc1C. The Morgan fingerprint density at radius 3 is 2.96 bits per heavy atom. The van der Waals surface area contributed by atoms with Crippen LogP contribution in [0.15, 0.2) is 18.2 Å². The summed E-state index contributed by atoms with van der Waals surface area (Å²) in [6.07, 6.45) is 0. The van der Waals surface area contributed by atoms with Crippen molar-refractivity contribution in [1.82, 2.24) is 4.98 Å². The zero-order valence-electron chi connectivity index (χ0n) is 14.6. The molecule has 1 aliphatic rings. The number of amides is 1. The van der Waals surface area contributed by atoms with E-state index in [0.717, 1.165) is 11.3 Å². The van der Waals surface area contributed by atoms with Crippen LogP contribution < -0.4 is 15.0 Å². The highest BCUT2D eigenvalue weighted by atomic mass is 35.5. The van der Waals surface area contributed by atoms with Gasteiger partial charge in [-0.3, -0.25) is 4.79 Å². The molecule has 0 radical (unpaired) electrons. The van der Waals surface area contributed by atoms with E-state index in [1.807, 2.05) is 0 Å². The Morgan fingerprint density at radius 2 is 2.22 bits per heavy atom. The molecule has 0 saturated carbocycles. The van der Waals surface area contributed by atoms with E-state index in [2.05, 4.69) is 10.3 Å². The Bertz CT molecular complexity index is 914. The van der Waals surface area contributed by atoms with Crippen LogP contribution in [-0.4, -0.2) is 42.5 Å². The smallest absolute Gasteiger partial charge is 0.350 e. The van der Waals surface area contributed by atoms with Gasteiger partial charge in [-0.15, -0.1) is 0 Å². The Kier molecular flexibility index (Phi) is 5.62. The van der Waals surface area contributed by atoms with E-state index in [1.54, 1.807) is 36.9 Å². The molecule has 1 aromatic heterocycles. The number of nitrogens with one attached hydrogen (secondary N) is 1. The van der Waals surface area contributed by atoms with Crippen LogP contribution in [0, 0.1) is 6.92 Å². The second-order valence-corrected chi connectivity index (χ2v) is 7.08. The van der Waals surface area contributed by atoms with Crippen LogP contribution in [0.4, 0.5) is 10.8 Å². The molecule has 0 bridgehead atoms. The monoisotopic (exact) mass is 409 g/mol. The van der Waals surface area contributed by atoms with Crippen LogP contribution in [0.1, 0.15) is 22.3 Å². The van der Waals surface area contributed by atoms with Gasteiger partial charge < -0.3 is 19.7 Å². The van der Waals surface area contributed by atoms with Crippen molar-refractivity contribution in [3.05, 3.63) is 33.8 Å². The first kappa shape index (κ1) is 19.1. The van der Waals surface area contributed by atoms with Crippen LogP contribution in [0.5, 0.6) is 5.75 Å². The van der Waals surface area contributed by atoms with E-state index in [1.165, 1.54) is 0 Å². The van der Waals surface area contributed by atoms with Gasteiger partial charge >= 0.3 is 11.9 Å². The van der Waals surface area contributed by atoms with Crippen LogP contribution in [0.2, 0.25) is 5.02 Å². The highest BCUT2D eigenvalue weighted by Crippen LogP contribution is 2.34. The third-order valence-electron chi connectivity index (χ3n) is 3.64. The largest absolute Gasteiger partial charge is 0.462 e. The molecule has 1 amide bonds. The molecule has 1 N–H and O–H groups in total. The summed E-state index contributed by atoms with van der Waals surface area (Å²) in [6.45, 7) is 3.45. The first-order valence-corrected chi connectivity index (χ1v) is 9.26. The number of thiazole rings is 1. The van der Waals surface area contributed by atoms with E-state index in [4.69, 9.17) is 21.1 Å². The highest BCUT2D eigenvalue weighted by molar-refractivity contribution is 7.17. The van der Waals surface area contributed by atoms with E-state index >= 15 is 0 Å². The molecule has 0 spiro atoms. The number of rotatable bonds is 5. The van der Waals surface area contributed by atoms with Crippen molar-refractivity contribution in [1.29, 1.82) is 0 Å². The van der Waals surface area contributed by atoms with E-state index in [0.29, 0.717) is 27.0 Å².